The minimum Gasteiger partial charge on any atom is -0.466 e. The molecule has 1 fully saturated rings. The number of carbonyl (C=O) groups is 2. The van der Waals surface area contributed by atoms with Gasteiger partial charge < -0.3 is 14.5 Å². The van der Waals surface area contributed by atoms with E-state index in [1.54, 1.807) is 13.0 Å². The summed E-state index contributed by atoms with van der Waals surface area (Å²) in [5, 5.41) is 1.33. The normalized spacial score (nSPS) is 12.7. The number of fused-ring (bicyclic) bond motifs is 1. The second-order valence-corrected chi connectivity index (χ2v) is 10.8. The highest BCUT2D eigenvalue weighted by Crippen LogP contribution is 2.37. The Balaban J connectivity index is 1.32. The molecule has 1 aromatic heterocycles. The van der Waals surface area contributed by atoms with Gasteiger partial charge in [0.05, 0.1) is 24.0 Å². The number of benzene rings is 4. The maximum Gasteiger partial charge on any atom is 0.314 e. The smallest absolute Gasteiger partial charge is 0.314 e. The number of para-hydroxylation sites is 1. The number of H-pyrrole nitrogens is 1. The van der Waals surface area contributed by atoms with Crippen molar-refractivity contribution in [3.63, 3.8) is 0 Å². The lowest BCUT2D eigenvalue weighted by molar-refractivity contribution is -0.142. The lowest BCUT2D eigenvalue weighted by Gasteiger charge is -2.12. The van der Waals surface area contributed by atoms with Gasteiger partial charge in [0.15, 0.2) is 0 Å². The van der Waals surface area contributed by atoms with Crippen LogP contribution >= 0.6 is 11.6 Å². The number of rotatable bonds is 8. The number of hydrogen-bond acceptors (Lipinski definition) is 5. The summed E-state index contributed by atoms with van der Waals surface area (Å²) < 4.78 is 10.8. The van der Waals surface area contributed by atoms with E-state index >= 15 is 0 Å². The number of aromatic amines is 1. The molecule has 6 rings (SSSR count). The third-order valence-corrected chi connectivity index (χ3v) is 7.65. The minimum absolute atomic E-state index is 0.0134. The largest absolute Gasteiger partial charge is 0.466 e. The Bertz CT molecular complexity index is 1870. The molecule has 0 spiro atoms. The van der Waals surface area contributed by atoms with Crippen molar-refractivity contribution in [2.45, 2.75) is 26.2 Å². The fourth-order valence-corrected chi connectivity index (χ4v) is 5.30. The zero-order valence-corrected chi connectivity index (χ0v) is 23.7. The first kappa shape index (κ1) is 27.5. The van der Waals surface area contributed by atoms with Gasteiger partial charge in [-0.15, -0.1) is 0 Å². The van der Waals surface area contributed by atoms with Crippen LogP contribution in [0.3, 0.4) is 0 Å². The summed E-state index contributed by atoms with van der Waals surface area (Å²) in [4.78, 5) is 40.2. The van der Waals surface area contributed by atoms with Crippen LogP contribution in [0.25, 0.3) is 44.3 Å². The first-order valence-corrected chi connectivity index (χ1v) is 14.3. The molecule has 1 N–H and O–H groups in total. The highest BCUT2D eigenvalue weighted by Gasteiger charge is 2.32. The van der Waals surface area contributed by atoms with Crippen molar-refractivity contribution in [1.82, 2.24) is 4.98 Å². The van der Waals surface area contributed by atoms with Gasteiger partial charge in [0.25, 0.3) is 5.56 Å². The summed E-state index contributed by atoms with van der Waals surface area (Å²) in [6, 6.07) is 28.4. The highest BCUT2D eigenvalue weighted by molar-refractivity contribution is 6.34. The van der Waals surface area contributed by atoms with E-state index < -0.39 is 0 Å². The number of ether oxygens (including phenoxy) is 2. The molecule has 0 atom stereocenters. The Kier molecular flexibility index (Phi) is 7.64. The molecule has 0 saturated heterocycles. The molecule has 0 radical (unpaired) electrons. The average molecular weight is 578 g/mol. The minimum atomic E-state index is -0.310. The third kappa shape index (κ3) is 5.85. The summed E-state index contributed by atoms with van der Waals surface area (Å²) in [5.41, 5.74) is 5.84. The predicted octanol–water partition coefficient (Wildman–Crippen LogP) is 7.60. The quantitative estimate of drug-likeness (QED) is 0.152. The molecular formula is C35H28ClNO5. The van der Waals surface area contributed by atoms with E-state index in [9.17, 15) is 14.4 Å². The van der Waals surface area contributed by atoms with Gasteiger partial charge in [0.2, 0.25) is 0 Å². The number of pyridine rings is 1. The Morgan fingerprint density at radius 1 is 0.833 bits per heavy atom. The van der Waals surface area contributed by atoms with Crippen LogP contribution in [-0.4, -0.2) is 23.5 Å². The maximum atomic E-state index is 13.0. The van der Waals surface area contributed by atoms with Gasteiger partial charge in [-0.3, -0.25) is 14.4 Å². The molecule has 0 bridgehead atoms. The lowest BCUT2D eigenvalue weighted by atomic mass is 9.97. The SMILES string of the molecule is CCOC(=O)Cc1cccc(-c2cc3cc(-c4ccc(-c5ccccc5OC(=O)C5CC5)cc4)c(Cl)cc3[nH]c2=O)c1. The van der Waals surface area contributed by atoms with Crippen molar-refractivity contribution in [1.29, 1.82) is 0 Å². The fraction of sp³-hybridized carbons (Fsp3) is 0.171. The van der Waals surface area contributed by atoms with Crippen LogP contribution < -0.4 is 10.3 Å². The van der Waals surface area contributed by atoms with Crippen LogP contribution in [0.5, 0.6) is 5.75 Å². The number of carbonyl (C=O) groups excluding carboxylic acids is 2. The van der Waals surface area contributed by atoms with Crippen LogP contribution in [0.1, 0.15) is 25.3 Å². The molecule has 0 amide bonds. The van der Waals surface area contributed by atoms with E-state index in [2.05, 4.69) is 4.98 Å². The van der Waals surface area contributed by atoms with Gasteiger partial charge in [-0.2, -0.15) is 0 Å². The number of nitrogens with one attached hydrogen (secondary N) is 1. The second-order valence-electron chi connectivity index (χ2n) is 10.4. The van der Waals surface area contributed by atoms with Crippen LogP contribution in [0.15, 0.2) is 95.8 Å². The monoisotopic (exact) mass is 577 g/mol. The highest BCUT2D eigenvalue weighted by atomic mass is 35.5. The maximum absolute atomic E-state index is 13.0. The van der Waals surface area contributed by atoms with Crippen LogP contribution in [-0.2, 0) is 20.7 Å². The van der Waals surface area contributed by atoms with Crippen molar-refractivity contribution < 1.29 is 19.1 Å². The van der Waals surface area contributed by atoms with E-state index in [0.717, 1.165) is 46.0 Å². The first-order chi connectivity index (χ1) is 20.4. The topological polar surface area (TPSA) is 85.5 Å². The molecule has 1 heterocycles. The third-order valence-electron chi connectivity index (χ3n) is 7.34. The van der Waals surface area contributed by atoms with E-state index in [0.29, 0.717) is 34.0 Å². The number of aromatic nitrogens is 1. The summed E-state index contributed by atoms with van der Waals surface area (Å²) in [7, 11) is 0. The molecule has 1 aliphatic carbocycles. The van der Waals surface area contributed by atoms with Gasteiger partial charge in [-0.05, 0) is 71.7 Å². The van der Waals surface area contributed by atoms with Gasteiger partial charge in [0, 0.05) is 22.2 Å². The summed E-state index contributed by atoms with van der Waals surface area (Å²) in [5.74, 6) is 0.0773. The Morgan fingerprint density at radius 2 is 1.55 bits per heavy atom. The molecule has 4 aromatic carbocycles. The average Bonchev–Trinajstić information content (AvgIpc) is 3.83. The number of halogens is 1. The van der Waals surface area contributed by atoms with Crippen LogP contribution in [0.4, 0.5) is 0 Å². The Morgan fingerprint density at radius 3 is 2.29 bits per heavy atom. The summed E-state index contributed by atoms with van der Waals surface area (Å²) in [6.07, 6.45) is 1.91. The van der Waals surface area contributed by atoms with Crippen molar-refractivity contribution >= 4 is 34.4 Å². The predicted molar refractivity (Wildman–Crippen MR) is 165 cm³/mol. The number of esters is 2. The molecule has 6 nitrogen and oxygen atoms in total. The van der Waals surface area contributed by atoms with Gasteiger partial charge in [0.1, 0.15) is 5.75 Å². The molecule has 210 valence electrons. The zero-order chi connectivity index (χ0) is 29.2. The van der Waals surface area contributed by atoms with E-state index in [-0.39, 0.29) is 29.8 Å². The van der Waals surface area contributed by atoms with Gasteiger partial charge >= 0.3 is 11.9 Å². The van der Waals surface area contributed by atoms with Crippen LogP contribution in [0, 0.1) is 5.92 Å². The van der Waals surface area contributed by atoms with Crippen LogP contribution in [0.2, 0.25) is 5.02 Å². The van der Waals surface area contributed by atoms with Gasteiger partial charge in [-0.1, -0.05) is 78.3 Å². The standard InChI is InChI=1S/C35H28ClNO5/c1-2-41-33(38)17-21-6-5-7-25(16-21)29-19-26-18-28(30(36)20-31(26)37-34(29)39)23-12-10-22(11-13-23)27-8-3-4-9-32(27)42-35(40)24-14-15-24/h3-13,16,18-20,24H,2,14-15,17H2,1H3,(H,37,39). The summed E-state index contributed by atoms with van der Waals surface area (Å²) in [6.45, 7) is 2.09. The van der Waals surface area contributed by atoms with Gasteiger partial charge in [-0.25, -0.2) is 0 Å². The molecule has 1 aliphatic rings. The van der Waals surface area contributed by atoms with Crippen molar-refractivity contribution in [3.8, 4) is 39.1 Å². The first-order valence-electron chi connectivity index (χ1n) is 13.9. The van der Waals surface area contributed by atoms with E-state index in [4.69, 9.17) is 21.1 Å². The molecule has 0 aliphatic heterocycles. The fourth-order valence-electron chi connectivity index (χ4n) is 5.03. The zero-order valence-electron chi connectivity index (χ0n) is 23.0. The Hall–Kier alpha value is -4.68. The molecule has 0 unspecified atom stereocenters. The summed E-state index contributed by atoms with van der Waals surface area (Å²) >= 11 is 6.69. The van der Waals surface area contributed by atoms with Crippen molar-refractivity contribution in [2.24, 2.45) is 5.92 Å². The lowest BCUT2D eigenvalue weighted by Crippen LogP contribution is -2.10. The van der Waals surface area contributed by atoms with E-state index in [1.165, 1.54) is 0 Å². The molecule has 7 heteroatoms. The molecule has 42 heavy (non-hydrogen) atoms. The van der Waals surface area contributed by atoms with E-state index in [1.807, 2.05) is 84.9 Å². The van der Waals surface area contributed by atoms with Crippen molar-refractivity contribution in [3.05, 3.63) is 112 Å². The Labute approximate surface area is 247 Å². The second kappa shape index (κ2) is 11.7. The molecule has 1 saturated carbocycles. The molecular weight excluding hydrogens is 550 g/mol. The number of hydrogen-bond donors (Lipinski definition) is 1. The van der Waals surface area contributed by atoms with Crippen molar-refractivity contribution in [2.75, 3.05) is 6.61 Å². The molecule has 5 aromatic rings.